The fourth-order valence-electron chi connectivity index (χ4n) is 1.54. The highest BCUT2D eigenvalue weighted by Gasteiger charge is 2.21. The van der Waals surface area contributed by atoms with Gasteiger partial charge in [-0.1, -0.05) is 13.8 Å². The zero-order valence-corrected chi connectivity index (χ0v) is 10.0. The van der Waals surface area contributed by atoms with Crippen molar-refractivity contribution in [3.63, 3.8) is 0 Å². The van der Waals surface area contributed by atoms with Crippen LogP contribution >= 0.6 is 0 Å². The Morgan fingerprint density at radius 2 is 2.31 bits per heavy atom. The molecule has 0 bridgehead atoms. The standard InChI is InChI=1S/C11H19N3O2/c1-8(2)6-14-7-9(5-13-14)10(4-12)11(15)16-3/h5,7-8,10H,4,6,12H2,1-3H3. The third kappa shape index (κ3) is 3.06. The van der Waals surface area contributed by atoms with Crippen LogP contribution in [0.25, 0.3) is 0 Å². The first-order valence-corrected chi connectivity index (χ1v) is 5.38. The number of rotatable bonds is 5. The lowest BCUT2D eigenvalue weighted by Crippen LogP contribution is -2.22. The molecule has 0 aliphatic heterocycles. The Hall–Kier alpha value is -1.36. The van der Waals surface area contributed by atoms with Gasteiger partial charge in [-0.3, -0.25) is 9.48 Å². The molecule has 1 heterocycles. The lowest BCUT2D eigenvalue weighted by Gasteiger charge is -2.09. The van der Waals surface area contributed by atoms with Crippen LogP contribution in [0.1, 0.15) is 25.3 Å². The van der Waals surface area contributed by atoms with Crippen LogP contribution in [0, 0.1) is 5.92 Å². The number of aromatic nitrogens is 2. The molecule has 1 aromatic rings. The molecule has 0 aromatic carbocycles. The summed E-state index contributed by atoms with van der Waals surface area (Å²) < 4.78 is 6.52. The van der Waals surface area contributed by atoms with Crippen LogP contribution in [0.5, 0.6) is 0 Å². The number of hydrogen-bond donors (Lipinski definition) is 1. The van der Waals surface area contributed by atoms with Crippen molar-refractivity contribution < 1.29 is 9.53 Å². The molecule has 90 valence electrons. The molecule has 1 atom stereocenters. The smallest absolute Gasteiger partial charge is 0.314 e. The summed E-state index contributed by atoms with van der Waals surface area (Å²) >= 11 is 0. The van der Waals surface area contributed by atoms with Gasteiger partial charge >= 0.3 is 5.97 Å². The number of methoxy groups -OCH3 is 1. The topological polar surface area (TPSA) is 70.1 Å². The number of nitrogens with two attached hydrogens (primary N) is 1. The fraction of sp³-hybridized carbons (Fsp3) is 0.636. The second-order valence-corrected chi connectivity index (χ2v) is 4.20. The maximum absolute atomic E-state index is 11.4. The lowest BCUT2D eigenvalue weighted by molar-refractivity contribution is -0.142. The molecule has 1 aromatic heterocycles. The van der Waals surface area contributed by atoms with Gasteiger partial charge in [-0.05, 0) is 5.92 Å². The van der Waals surface area contributed by atoms with E-state index in [2.05, 4.69) is 18.9 Å². The molecule has 0 saturated heterocycles. The summed E-state index contributed by atoms with van der Waals surface area (Å²) in [6.07, 6.45) is 3.53. The molecule has 16 heavy (non-hydrogen) atoms. The molecule has 0 saturated carbocycles. The Morgan fingerprint density at radius 3 is 2.81 bits per heavy atom. The van der Waals surface area contributed by atoms with Crippen molar-refractivity contribution in [3.05, 3.63) is 18.0 Å². The molecule has 0 fully saturated rings. The summed E-state index contributed by atoms with van der Waals surface area (Å²) in [4.78, 5) is 11.4. The van der Waals surface area contributed by atoms with Crippen molar-refractivity contribution in [2.45, 2.75) is 26.3 Å². The van der Waals surface area contributed by atoms with Crippen LogP contribution in [0.4, 0.5) is 0 Å². The van der Waals surface area contributed by atoms with Crippen LogP contribution in [-0.2, 0) is 16.1 Å². The van der Waals surface area contributed by atoms with Crippen LogP contribution in [0.15, 0.2) is 12.4 Å². The Kier molecular flexibility index (Phi) is 4.49. The predicted octanol–water partition coefficient (Wildman–Crippen LogP) is 0.754. The summed E-state index contributed by atoms with van der Waals surface area (Å²) in [5, 5.41) is 4.20. The van der Waals surface area contributed by atoms with Crippen molar-refractivity contribution in [1.29, 1.82) is 0 Å². The highest BCUT2D eigenvalue weighted by atomic mass is 16.5. The van der Waals surface area contributed by atoms with Gasteiger partial charge < -0.3 is 10.5 Å². The van der Waals surface area contributed by atoms with Crippen molar-refractivity contribution in [2.75, 3.05) is 13.7 Å². The maximum atomic E-state index is 11.4. The van der Waals surface area contributed by atoms with Gasteiger partial charge in [0, 0.05) is 24.8 Å². The summed E-state index contributed by atoms with van der Waals surface area (Å²) in [6, 6.07) is 0. The number of hydrogen-bond acceptors (Lipinski definition) is 4. The van der Waals surface area contributed by atoms with E-state index < -0.39 is 5.92 Å². The summed E-state index contributed by atoms with van der Waals surface area (Å²) in [5.41, 5.74) is 6.37. The van der Waals surface area contributed by atoms with Crippen LogP contribution in [0.3, 0.4) is 0 Å². The highest BCUT2D eigenvalue weighted by Crippen LogP contribution is 2.15. The van der Waals surface area contributed by atoms with E-state index in [1.165, 1.54) is 7.11 Å². The minimum atomic E-state index is -0.411. The summed E-state index contributed by atoms with van der Waals surface area (Å²) in [7, 11) is 1.36. The van der Waals surface area contributed by atoms with Gasteiger partial charge in [0.05, 0.1) is 19.2 Å². The summed E-state index contributed by atoms with van der Waals surface area (Å²) in [5.74, 6) is -0.209. The van der Waals surface area contributed by atoms with Gasteiger partial charge in [0.1, 0.15) is 0 Å². The number of carbonyl (C=O) groups excluding carboxylic acids is 1. The average molecular weight is 225 g/mol. The largest absolute Gasteiger partial charge is 0.469 e. The second-order valence-electron chi connectivity index (χ2n) is 4.20. The number of ether oxygens (including phenoxy) is 1. The Bertz CT molecular complexity index is 347. The van der Waals surface area contributed by atoms with Crippen molar-refractivity contribution >= 4 is 5.97 Å². The van der Waals surface area contributed by atoms with E-state index in [-0.39, 0.29) is 12.5 Å². The molecule has 5 nitrogen and oxygen atoms in total. The van der Waals surface area contributed by atoms with E-state index in [0.717, 1.165) is 12.1 Å². The molecule has 5 heteroatoms. The van der Waals surface area contributed by atoms with Crippen LogP contribution in [0.2, 0.25) is 0 Å². The number of carbonyl (C=O) groups is 1. The Morgan fingerprint density at radius 1 is 1.62 bits per heavy atom. The molecule has 0 aliphatic carbocycles. The van der Waals surface area contributed by atoms with Gasteiger partial charge in [0.25, 0.3) is 0 Å². The molecule has 1 rings (SSSR count). The number of esters is 1. The summed E-state index contributed by atoms with van der Waals surface area (Å²) in [6.45, 7) is 5.29. The Balaban J connectivity index is 2.78. The van der Waals surface area contributed by atoms with Gasteiger partial charge in [-0.25, -0.2) is 0 Å². The minimum Gasteiger partial charge on any atom is -0.469 e. The monoisotopic (exact) mass is 225 g/mol. The molecule has 0 spiro atoms. The lowest BCUT2D eigenvalue weighted by atomic mass is 10.0. The molecule has 2 N–H and O–H groups in total. The minimum absolute atomic E-state index is 0.236. The van der Waals surface area contributed by atoms with Crippen LogP contribution in [-0.4, -0.2) is 29.4 Å². The molecule has 1 unspecified atom stereocenters. The van der Waals surface area contributed by atoms with Gasteiger partial charge in [-0.15, -0.1) is 0 Å². The SMILES string of the molecule is COC(=O)C(CN)c1cnn(CC(C)C)c1. The van der Waals surface area contributed by atoms with E-state index in [1.807, 2.05) is 10.9 Å². The average Bonchev–Trinajstić information content (AvgIpc) is 2.66. The third-order valence-corrected chi connectivity index (χ3v) is 2.33. The van der Waals surface area contributed by atoms with E-state index in [1.54, 1.807) is 6.20 Å². The first-order valence-electron chi connectivity index (χ1n) is 5.38. The van der Waals surface area contributed by atoms with Gasteiger partial charge in [0.15, 0.2) is 0 Å². The quantitative estimate of drug-likeness (QED) is 0.751. The van der Waals surface area contributed by atoms with E-state index in [4.69, 9.17) is 10.5 Å². The zero-order chi connectivity index (χ0) is 12.1. The highest BCUT2D eigenvalue weighted by molar-refractivity contribution is 5.78. The third-order valence-electron chi connectivity index (χ3n) is 2.33. The van der Waals surface area contributed by atoms with Crippen molar-refractivity contribution in [2.24, 2.45) is 11.7 Å². The molecular weight excluding hydrogens is 206 g/mol. The predicted molar refractivity (Wildman–Crippen MR) is 60.9 cm³/mol. The molecular formula is C11H19N3O2. The first-order chi connectivity index (χ1) is 7.58. The molecule has 0 amide bonds. The van der Waals surface area contributed by atoms with Gasteiger partial charge in [0.2, 0.25) is 0 Å². The van der Waals surface area contributed by atoms with E-state index in [9.17, 15) is 4.79 Å². The first kappa shape index (κ1) is 12.7. The van der Waals surface area contributed by atoms with Crippen LogP contribution < -0.4 is 5.73 Å². The Labute approximate surface area is 95.6 Å². The maximum Gasteiger partial charge on any atom is 0.314 e. The number of nitrogens with zero attached hydrogens (tertiary/aromatic N) is 2. The van der Waals surface area contributed by atoms with Crippen molar-refractivity contribution in [1.82, 2.24) is 9.78 Å². The van der Waals surface area contributed by atoms with E-state index >= 15 is 0 Å². The molecule has 0 aliphatic rings. The molecule has 0 radical (unpaired) electrons. The normalized spacial score (nSPS) is 12.8. The zero-order valence-electron chi connectivity index (χ0n) is 10.0. The second kappa shape index (κ2) is 5.65. The fourth-order valence-corrected chi connectivity index (χ4v) is 1.54. The van der Waals surface area contributed by atoms with E-state index in [0.29, 0.717) is 5.92 Å². The van der Waals surface area contributed by atoms with Crippen molar-refractivity contribution in [3.8, 4) is 0 Å². The van der Waals surface area contributed by atoms with Gasteiger partial charge in [-0.2, -0.15) is 5.10 Å².